The highest BCUT2D eigenvalue weighted by Crippen LogP contribution is 2.13. The number of rotatable bonds is 4. The van der Waals surface area contributed by atoms with Crippen molar-refractivity contribution in [3.63, 3.8) is 0 Å². The lowest BCUT2D eigenvalue weighted by Gasteiger charge is -2.37. The predicted molar refractivity (Wildman–Crippen MR) is 73.3 cm³/mol. The fourth-order valence-corrected chi connectivity index (χ4v) is 3.12. The number of nitrogens with zero attached hydrogens (tertiary/aromatic N) is 2. The Bertz CT molecular complexity index is 204. The molecular formula is C14H29N3. The third kappa shape index (κ3) is 4.57. The van der Waals surface area contributed by atoms with Crippen LogP contribution in [0.3, 0.4) is 0 Å². The van der Waals surface area contributed by atoms with Crippen molar-refractivity contribution in [3.8, 4) is 0 Å². The summed E-state index contributed by atoms with van der Waals surface area (Å²) in [7, 11) is 0. The van der Waals surface area contributed by atoms with E-state index in [1.54, 1.807) is 0 Å². The van der Waals surface area contributed by atoms with Crippen LogP contribution < -0.4 is 5.32 Å². The van der Waals surface area contributed by atoms with Crippen LogP contribution in [0.15, 0.2) is 0 Å². The summed E-state index contributed by atoms with van der Waals surface area (Å²) in [5.41, 5.74) is 0. The van der Waals surface area contributed by atoms with Crippen molar-refractivity contribution in [2.75, 3.05) is 52.4 Å². The molecule has 0 unspecified atom stereocenters. The molecule has 0 aromatic rings. The number of piperidine rings is 1. The van der Waals surface area contributed by atoms with Crippen molar-refractivity contribution >= 4 is 0 Å². The van der Waals surface area contributed by atoms with E-state index in [0.717, 1.165) is 11.8 Å². The lowest BCUT2D eigenvalue weighted by atomic mass is 9.99. The molecule has 2 aliphatic heterocycles. The topological polar surface area (TPSA) is 18.5 Å². The van der Waals surface area contributed by atoms with Gasteiger partial charge in [0.1, 0.15) is 0 Å². The Hall–Kier alpha value is -0.120. The van der Waals surface area contributed by atoms with Gasteiger partial charge in [-0.2, -0.15) is 0 Å². The SMILES string of the molecule is CC(C)CN1CCN(C[C@H]2CCCNC2)CC1. The highest BCUT2D eigenvalue weighted by molar-refractivity contribution is 4.77. The molecule has 2 rings (SSSR count). The fourth-order valence-electron chi connectivity index (χ4n) is 3.12. The first kappa shape index (κ1) is 13.3. The second-order valence-electron chi connectivity index (χ2n) is 6.21. The number of hydrogen-bond donors (Lipinski definition) is 1. The average molecular weight is 239 g/mol. The van der Waals surface area contributed by atoms with Crippen LogP contribution in [0.5, 0.6) is 0 Å². The van der Waals surface area contributed by atoms with Crippen LogP contribution in [-0.2, 0) is 0 Å². The van der Waals surface area contributed by atoms with Gasteiger partial charge in [-0.15, -0.1) is 0 Å². The summed E-state index contributed by atoms with van der Waals surface area (Å²) in [5, 5.41) is 3.52. The maximum absolute atomic E-state index is 3.52. The molecule has 3 heteroatoms. The quantitative estimate of drug-likeness (QED) is 0.797. The van der Waals surface area contributed by atoms with Crippen LogP contribution in [0.25, 0.3) is 0 Å². The van der Waals surface area contributed by atoms with E-state index in [4.69, 9.17) is 0 Å². The molecule has 3 nitrogen and oxygen atoms in total. The Morgan fingerprint density at radius 1 is 1.12 bits per heavy atom. The summed E-state index contributed by atoms with van der Waals surface area (Å²) < 4.78 is 0. The van der Waals surface area contributed by atoms with Crippen LogP contribution in [0, 0.1) is 11.8 Å². The van der Waals surface area contributed by atoms with Crippen molar-refractivity contribution in [1.29, 1.82) is 0 Å². The molecular weight excluding hydrogens is 210 g/mol. The highest BCUT2D eigenvalue weighted by atomic mass is 15.3. The van der Waals surface area contributed by atoms with Gasteiger partial charge in [-0.1, -0.05) is 13.8 Å². The Balaban J connectivity index is 1.64. The molecule has 0 amide bonds. The summed E-state index contributed by atoms with van der Waals surface area (Å²) >= 11 is 0. The average Bonchev–Trinajstić information content (AvgIpc) is 2.32. The Kier molecular flexibility index (Phi) is 5.26. The van der Waals surface area contributed by atoms with Crippen molar-refractivity contribution in [3.05, 3.63) is 0 Å². The van der Waals surface area contributed by atoms with Gasteiger partial charge < -0.3 is 15.1 Å². The molecule has 2 fully saturated rings. The van der Waals surface area contributed by atoms with Crippen molar-refractivity contribution < 1.29 is 0 Å². The Labute approximate surface area is 107 Å². The van der Waals surface area contributed by atoms with Crippen molar-refractivity contribution in [2.24, 2.45) is 11.8 Å². The van der Waals surface area contributed by atoms with Crippen LogP contribution in [0.1, 0.15) is 26.7 Å². The smallest absolute Gasteiger partial charge is 0.0110 e. The monoisotopic (exact) mass is 239 g/mol. The molecule has 0 aliphatic carbocycles. The van der Waals surface area contributed by atoms with Gasteiger partial charge >= 0.3 is 0 Å². The lowest BCUT2D eigenvalue weighted by molar-refractivity contribution is 0.104. The molecule has 2 saturated heterocycles. The summed E-state index contributed by atoms with van der Waals surface area (Å²) in [4.78, 5) is 5.30. The number of hydrogen-bond acceptors (Lipinski definition) is 3. The molecule has 0 radical (unpaired) electrons. The van der Waals surface area contributed by atoms with Crippen LogP contribution >= 0.6 is 0 Å². The molecule has 0 aromatic carbocycles. The highest BCUT2D eigenvalue weighted by Gasteiger charge is 2.21. The summed E-state index contributed by atoms with van der Waals surface area (Å²) in [6.07, 6.45) is 2.80. The van der Waals surface area contributed by atoms with E-state index in [1.807, 2.05) is 0 Å². The molecule has 1 atom stereocenters. The molecule has 2 heterocycles. The van der Waals surface area contributed by atoms with Gasteiger partial charge in [-0.25, -0.2) is 0 Å². The Morgan fingerprint density at radius 3 is 2.41 bits per heavy atom. The first-order valence-electron chi connectivity index (χ1n) is 7.39. The third-order valence-electron chi connectivity index (χ3n) is 4.00. The van der Waals surface area contributed by atoms with Gasteiger partial charge in [0.15, 0.2) is 0 Å². The van der Waals surface area contributed by atoms with Gasteiger partial charge in [-0.05, 0) is 37.8 Å². The zero-order chi connectivity index (χ0) is 12.1. The largest absolute Gasteiger partial charge is 0.316 e. The van der Waals surface area contributed by atoms with Gasteiger partial charge in [0.25, 0.3) is 0 Å². The number of piperazine rings is 1. The van der Waals surface area contributed by atoms with E-state index in [2.05, 4.69) is 29.0 Å². The van der Waals surface area contributed by atoms with E-state index in [1.165, 1.54) is 65.2 Å². The fraction of sp³-hybridized carbons (Fsp3) is 1.00. The van der Waals surface area contributed by atoms with Crippen LogP contribution in [-0.4, -0.2) is 62.2 Å². The lowest BCUT2D eigenvalue weighted by Crippen LogP contribution is -2.49. The van der Waals surface area contributed by atoms with Crippen molar-refractivity contribution in [1.82, 2.24) is 15.1 Å². The van der Waals surface area contributed by atoms with Gasteiger partial charge in [0.2, 0.25) is 0 Å². The van der Waals surface area contributed by atoms with E-state index >= 15 is 0 Å². The predicted octanol–water partition coefficient (Wildman–Crippen LogP) is 1.26. The van der Waals surface area contributed by atoms with E-state index < -0.39 is 0 Å². The molecule has 17 heavy (non-hydrogen) atoms. The maximum atomic E-state index is 3.52. The molecule has 0 saturated carbocycles. The summed E-state index contributed by atoms with van der Waals surface area (Å²) in [5.74, 6) is 1.71. The normalized spacial score (nSPS) is 28.8. The minimum atomic E-state index is 0.809. The zero-order valence-electron chi connectivity index (χ0n) is 11.6. The van der Waals surface area contributed by atoms with E-state index in [-0.39, 0.29) is 0 Å². The maximum Gasteiger partial charge on any atom is 0.0110 e. The minimum Gasteiger partial charge on any atom is -0.316 e. The number of nitrogens with one attached hydrogen (secondary N) is 1. The summed E-state index contributed by atoms with van der Waals surface area (Å²) in [6, 6.07) is 0. The van der Waals surface area contributed by atoms with Crippen LogP contribution in [0.4, 0.5) is 0 Å². The minimum absolute atomic E-state index is 0.809. The van der Waals surface area contributed by atoms with E-state index in [9.17, 15) is 0 Å². The first-order valence-corrected chi connectivity index (χ1v) is 7.39. The molecule has 1 N–H and O–H groups in total. The molecule has 100 valence electrons. The standard InChI is InChI=1S/C14H29N3/c1-13(2)11-16-6-8-17(9-7-16)12-14-4-3-5-15-10-14/h13-15H,3-12H2,1-2H3/t14-/m0/s1. The van der Waals surface area contributed by atoms with Gasteiger partial charge in [0.05, 0.1) is 0 Å². The third-order valence-corrected chi connectivity index (χ3v) is 4.00. The van der Waals surface area contributed by atoms with E-state index in [0.29, 0.717) is 0 Å². The van der Waals surface area contributed by atoms with Gasteiger partial charge in [-0.3, -0.25) is 0 Å². The summed E-state index contributed by atoms with van der Waals surface area (Å²) in [6.45, 7) is 14.8. The van der Waals surface area contributed by atoms with Crippen molar-refractivity contribution in [2.45, 2.75) is 26.7 Å². The second kappa shape index (κ2) is 6.72. The molecule has 0 spiro atoms. The zero-order valence-corrected chi connectivity index (χ0v) is 11.6. The molecule has 2 aliphatic rings. The Morgan fingerprint density at radius 2 is 1.82 bits per heavy atom. The second-order valence-corrected chi connectivity index (χ2v) is 6.21. The molecule has 0 aromatic heterocycles. The van der Waals surface area contributed by atoms with Gasteiger partial charge in [0, 0.05) is 39.3 Å². The van der Waals surface area contributed by atoms with Crippen LogP contribution in [0.2, 0.25) is 0 Å². The molecule has 0 bridgehead atoms. The first-order chi connectivity index (χ1) is 8.24.